The number of nitrogens with one attached hydrogen (secondary N) is 1. The predicted octanol–water partition coefficient (Wildman–Crippen LogP) is 3.06. The minimum atomic E-state index is -0.433. The molecule has 2 heterocycles. The van der Waals surface area contributed by atoms with Gasteiger partial charge in [0, 0.05) is 51.9 Å². The highest BCUT2D eigenvalue weighted by Gasteiger charge is 2.37. The molecule has 1 unspecified atom stereocenters. The topological polar surface area (TPSA) is 91.4 Å². The highest BCUT2D eigenvalue weighted by Crippen LogP contribution is 2.30. The van der Waals surface area contributed by atoms with E-state index < -0.39 is 11.8 Å². The summed E-state index contributed by atoms with van der Waals surface area (Å²) in [4.78, 5) is 44.6. The number of anilines is 2. The number of piperazine rings is 1. The van der Waals surface area contributed by atoms with Crippen molar-refractivity contribution in [1.29, 1.82) is 0 Å². The highest BCUT2D eigenvalue weighted by molar-refractivity contribution is 6.34. The van der Waals surface area contributed by atoms with Crippen LogP contribution in [0.2, 0.25) is 0 Å². The van der Waals surface area contributed by atoms with Gasteiger partial charge in [-0.05, 0) is 42.5 Å². The summed E-state index contributed by atoms with van der Waals surface area (Å²) >= 11 is 0. The van der Waals surface area contributed by atoms with Gasteiger partial charge in [0.25, 0.3) is 17.7 Å². The van der Waals surface area contributed by atoms with Gasteiger partial charge in [0.05, 0.1) is 35.7 Å². The van der Waals surface area contributed by atoms with E-state index in [-0.39, 0.29) is 17.6 Å². The molecule has 0 radical (unpaired) electrons. The van der Waals surface area contributed by atoms with E-state index >= 15 is 0 Å². The summed E-state index contributed by atoms with van der Waals surface area (Å²) in [6.45, 7) is 4.47. The number of para-hydroxylation sites is 3. The lowest BCUT2D eigenvalue weighted by atomic mass is 10.1. The molecule has 39 heavy (non-hydrogen) atoms. The van der Waals surface area contributed by atoms with Crippen molar-refractivity contribution < 1.29 is 23.9 Å². The van der Waals surface area contributed by atoms with Crippen LogP contribution in [0.25, 0.3) is 0 Å². The molecule has 0 saturated carbocycles. The van der Waals surface area contributed by atoms with Crippen LogP contribution in [0.4, 0.5) is 11.4 Å². The molecule has 1 fully saturated rings. The van der Waals surface area contributed by atoms with Gasteiger partial charge in [-0.15, -0.1) is 0 Å². The lowest BCUT2D eigenvalue weighted by molar-refractivity contribution is 0.0584. The van der Waals surface area contributed by atoms with Crippen LogP contribution in [0.15, 0.2) is 72.8 Å². The Bertz CT molecular complexity index is 1350. The molecule has 1 saturated heterocycles. The first-order valence-corrected chi connectivity index (χ1v) is 13.0. The predicted molar refractivity (Wildman–Crippen MR) is 149 cm³/mol. The molecular weight excluding hydrogens is 496 g/mol. The third kappa shape index (κ3) is 5.50. The van der Waals surface area contributed by atoms with Crippen LogP contribution in [-0.4, -0.2) is 82.2 Å². The number of carbonyl (C=O) groups excluding carboxylic acids is 3. The van der Waals surface area contributed by atoms with Gasteiger partial charge in [-0.3, -0.25) is 19.3 Å². The van der Waals surface area contributed by atoms with Gasteiger partial charge in [-0.1, -0.05) is 30.3 Å². The van der Waals surface area contributed by atoms with Crippen LogP contribution >= 0.6 is 0 Å². The van der Waals surface area contributed by atoms with Crippen molar-refractivity contribution in [2.45, 2.75) is 6.10 Å². The molecule has 9 heteroatoms. The molecule has 3 aromatic rings. The molecule has 1 N–H and O–H groups in total. The van der Waals surface area contributed by atoms with E-state index in [4.69, 9.17) is 9.47 Å². The van der Waals surface area contributed by atoms with E-state index in [1.54, 1.807) is 50.6 Å². The SMILES string of the molecule is COc1ccccc1N1CCN(CC(CNC(=O)c2ccc3c(c2)C(=O)N(c2ccccc2)C3=O)OC)CC1. The van der Waals surface area contributed by atoms with Crippen molar-refractivity contribution in [3.05, 3.63) is 89.5 Å². The number of carbonyl (C=O) groups is 3. The van der Waals surface area contributed by atoms with Gasteiger partial charge in [0.15, 0.2) is 0 Å². The van der Waals surface area contributed by atoms with Crippen LogP contribution in [-0.2, 0) is 4.74 Å². The van der Waals surface area contributed by atoms with Gasteiger partial charge in [-0.2, -0.15) is 0 Å². The van der Waals surface area contributed by atoms with E-state index in [1.807, 2.05) is 24.3 Å². The van der Waals surface area contributed by atoms with Crippen LogP contribution in [0.5, 0.6) is 5.75 Å². The lowest BCUT2D eigenvalue weighted by Gasteiger charge is -2.37. The molecule has 1 atom stereocenters. The Balaban J connectivity index is 1.16. The molecule has 0 aliphatic carbocycles. The largest absolute Gasteiger partial charge is 0.495 e. The highest BCUT2D eigenvalue weighted by atomic mass is 16.5. The zero-order chi connectivity index (χ0) is 27.4. The summed E-state index contributed by atoms with van der Waals surface area (Å²) in [5, 5.41) is 2.92. The van der Waals surface area contributed by atoms with Gasteiger partial charge in [0.1, 0.15) is 5.75 Å². The summed E-state index contributed by atoms with van der Waals surface area (Å²) in [5.41, 5.74) is 2.44. The standard InChI is InChI=1S/C30H32N4O5/c1-38-23(20-32-14-16-33(17-15-32)26-10-6-7-11-27(26)39-2)19-31-28(35)21-12-13-24-25(18-21)30(37)34(29(24)36)22-8-4-3-5-9-22/h3-13,18,23H,14-17,19-20H2,1-2H3,(H,31,35). The minimum absolute atomic E-state index is 0.196. The lowest BCUT2D eigenvalue weighted by Crippen LogP contribution is -2.50. The van der Waals surface area contributed by atoms with Crippen LogP contribution in [0.1, 0.15) is 31.1 Å². The fourth-order valence-electron chi connectivity index (χ4n) is 5.07. The van der Waals surface area contributed by atoms with E-state index in [9.17, 15) is 14.4 Å². The van der Waals surface area contributed by atoms with Crippen LogP contribution in [0.3, 0.4) is 0 Å². The number of rotatable bonds is 9. The van der Waals surface area contributed by atoms with Gasteiger partial charge < -0.3 is 19.7 Å². The molecule has 3 amide bonds. The number of amides is 3. The fraction of sp³-hybridized carbons (Fsp3) is 0.300. The summed E-state index contributed by atoms with van der Waals surface area (Å²) < 4.78 is 11.2. The Kier molecular flexibility index (Phi) is 7.90. The third-order valence-electron chi connectivity index (χ3n) is 7.25. The second-order valence-corrected chi connectivity index (χ2v) is 9.57. The molecule has 2 aliphatic rings. The maximum Gasteiger partial charge on any atom is 0.266 e. The third-order valence-corrected chi connectivity index (χ3v) is 7.25. The number of hydrogen-bond donors (Lipinski definition) is 1. The maximum absolute atomic E-state index is 13.0. The Morgan fingerprint density at radius 2 is 1.56 bits per heavy atom. The van der Waals surface area contributed by atoms with Crippen LogP contribution in [0, 0.1) is 0 Å². The number of imide groups is 1. The molecule has 3 aromatic carbocycles. The number of fused-ring (bicyclic) bond motifs is 1. The fourth-order valence-corrected chi connectivity index (χ4v) is 5.07. The number of methoxy groups -OCH3 is 2. The average molecular weight is 529 g/mol. The van der Waals surface area contributed by atoms with Crippen molar-refractivity contribution in [2.24, 2.45) is 0 Å². The number of ether oxygens (including phenoxy) is 2. The molecular formula is C30H32N4O5. The molecule has 2 aliphatic heterocycles. The zero-order valence-electron chi connectivity index (χ0n) is 22.1. The Morgan fingerprint density at radius 3 is 2.28 bits per heavy atom. The molecule has 9 nitrogen and oxygen atoms in total. The Morgan fingerprint density at radius 1 is 0.872 bits per heavy atom. The normalized spacial score (nSPS) is 16.3. The van der Waals surface area contributed by atoms with Crippen molar-refractivity contribution in [3.8, 4) is 5.75 Å². The zero-order valence-corrected chi connectivity index (χ0v) is 22.1. The summed E-state index contributed by atoms with van der Waals surface area (Å²) in [6.07, 6.45) is -0.196. The van der Waals surface area contributed by atoms with Crippen molar-refractivity contribution in [1.82, 2.24) is 10.2 Å². The van der Waals surface area contributed by atoms with Crippen molar-refractivity contribution >= 4 is 29.1 Å². The number of hydrogen-bond acceptors (Lipinski definition) is 7. The summed E-state index contributed by atoms with van der Waals surface area (Å²) in [5.74, 6) is -0.274. The monoisotopic (exact) mass is 528 g/mol. The first-order chi connectivity index (χ1) is 19.0. The van der Waals surface area contributed by atoms with Gasteiger partial charge in [0.2, 0.25) is 0 Å². The second kappa shape index (κ2) is 11.7. The quantitative estimate of drug-likeness (QED) is 0.427. The van der Waals surface area contributed by atoms with Gasteiger partial charge >= 0.3 is 0 Å². The van der Waals surface area contributed by atoms with Crippen molar-refractivity contribution in [3.63, 3.8) is 0 Å². The minimum Gasteiger partial charge on any atom is -0.495 e. The van der Waals surface area contributed by atoms with Crippen molar-refractivity contribution in [2.75, 3.05) is 63.3 Å². The molecule has 5 rings (SSSR count). The van der Waals surface area contributed by atoms with Gasteiger partial charge in [-0.25, -0.2) is 4.90 Å². The molecule has 0 spiro atoms. The number of nitrogens with zero attached hydrogens (tertiary/aromatic N) is 3. The van der Waals surface area contributed by atoms with E-state index in [0.717, 1.165) is 42.5 Å². The molecule has 202 valence electrons. The Labute approximate surface area is 227 Å². The number of benzene rings is 3. The smallest absolute Gasteiger partial charge is 0.266 e. The van der Waals surface area contributed by atoms with E-state index in [0.29, 0.717) is 29.9 Å². The maximum atomic E-state index is 13.0. The molecule has 0 bridgehead atoms. The first-order valence-electron chi connectivity index (χ1n) is 13.0. The van der Waals surface area contributed by atoms with Crippen LogP contribution < -0.4 is 19.9 Å². The van der Waals surface area contributed by atoms with E-state index in [2.05, 4.69) is 21.2 Å². The second-order valence-electron chi connectivity index (χ2n) is 9.57. The van der Waals surface area contributed by atoms with E-state index in [1.165, 1.54) is 6.07 Å². The molecule has 0 aromatic heterocycles. The Hall–Kier alpha value is -4.21. The average Bonchev–Trinajstić information content (AvgIpc) is 3.24. The summed E-state index contributed by atoms with van der Waals surface area (Å²) in [7, 11) is 3.33. The first kappa shape index (κ1) is 26.4. The summed E-state index contributed by atoms with van der Waals surface area (Å²) in [6, 6.07) is 21.4.